The Morgan fingerprint density at radius 3 is 2.80 bits per heavy atom. The average Bonchev–Trinajstić information content (AvgIpc) is 2.40. The van der Waals surface area contributed by atoms with Crippen LogP contribution in [0.3, 0.4) is 0 Å². The summed E-state index contributed by atoms with van der Waals surface area (Å²) in [5, 5.41) is 2.68. The predicted molar refractivity (Wildman–Crippen MR) is 79.7 cm³/mol. The van der Waals surface area contributed by atoms with Gasteiger partial charge in [0.05, 0.1) is 5.69 Å². The normalized spacial score (nSPS) is 10.2. The van der Waals surface area contributed by atoms with Crippen LogP contribution in [0, 0.1) is 5.82 Å². The van der Waals surface area contributed by atoms with Gasteiger partial charge in [-0.15, -0.1) is 0 Å². The van der Waals surface area contributed by atoms with Crippen LogP contribution in [0.5, 0.6) is 5.75 Å². The van der Waals surface area contributed by atoms with Crippen LogP contribution in [0.25, 0.3) is 0 Å². The van der Waals surface area contributed by atoms with Crippen LogP contribution < -0.4 is 10.1 Å². The molecule has 0 aliphatic heterocycles. The molecule has 0 radical (unpaired) electrons. The van der Waals surface area contributed by atoms with E-state index in [0.29, 0.717) is 5.75 Å². The number of carbonyl (C=O) groups is 1. The van der Waals surface area contributed by atoms with Gasteiger partial charge in [-0.1, -0.05) is 33.6 Å². The van der Waals surface area contributed by atoms with Crippen LogP contribution in [0.1, 0.15) is 0 Å². The van der Waals surface area contributed by atoms with Crippen molar-refractivity contribution in [3.63, 3.8) is 0 Å². The molecule has 0 atom stereocenters. The lowest BCUT2D eigenvalue weighted by atomic mass is 10.3. The van der Waals surface area contributed by atoms with Gasteiger partial charge in [0.2, 0.25) is 0 Å². The molecular formula is C14H10BrClFNO2. The van der Waals surface area contributed by atoms with Gasteiger partial charge in [0.15, 0.2) is 6.61 Å². The van der Waals surface area contributed by atoms with Crippen molar-refractivity contribution in [3.8, 4) is 5.75 Å². The summed E-state index contributed by atoms with van der Waals surface area (Å²) in [5.74, 6) is -0.495. The lowest BCUT2D eigenvalue weighted by molar-refractivity contribution is -0.118. The summed E-state index contributed by atoms with van der Waals surface area (Å²) in [4.78, 5) is 11.7. The molecule has 0 fully saturated rings. The number of carbonyl (C=O) groups excluding carboxylic acids is 1. The summed E-state index contributed by atoms with van der Waals surface area (Å²) >= 11 is 8.92. The highest BCUT2D eigenvalue weighted by molar-refractivity contribution is 9.10. The topological polar surface area (TPSA) is 38.3 Å². The number of anilines is 1. The van der Waals surface area contributed by atoms with Crippen LogP contribution in [0.15, 0.2) is 46.9 Å². The number of amides is 1. The Bertz CT molecular complexity index is 636. The molecule has 2 rings (SSSR count). The van der Waals surface area contributed by atoms with Crippen molar-refractivity contribution in [2.24, 2.45) is 0 Å². The van der Waals surface area contributed by atoms with Crippen LogP contribution >= 0.6 is 27.5 Å². The van der Waals surface area contributed by atoms with Crippen molar-refractivity contribution in [1.82, 2.24) is 0 Å². The smallest absolute Gasteiger partial charge is 0.262 e. The zero-order valence-corrected chi connectivity index (χ0v) is 12.5. The van der Waals surface area contributed by atoms with E-state index in [9.17, 15) is 9.18 Å². The lowest BCUT2D eigenvalue weighted by Gasteiger charge is -2.08. The third-order valence-electron chi connectivity index (χ3n) is 2.37. The number of rotatable bonds is 4. The van der Waals surface area contributed by atoms with Gasteiger partial charge in [0.1, 0.15) is 11.6 Å². The van der Waals surface area contributed by atoms with E-state index in [1.165, 1.54) is 12.1 Å². The van der Waals surface area contributed by atoms with Crippen molar-refractivity contribution in [2.75, 3.05) is 11.9 Å². The number of hydrogen-bond donors (Lipinski definition) is 1. The first-order valence-electron chi connectivity index (χ1n) is 5.68. The fourth-order valence-corrected chi connectivity index (χ4v) is 2.02. The van der Waals surface area contributed by atoms with Gasteiger partial charge in [-0.2, -0.15) is 0 Å². The third kappa shape index (κ3) is 4.21. The monoisotopic (exact) mass is 357 g/mol. The first-order valence-corrected chi connectivity index (χ1v) is 6.85. The maximum Gasteiger partial charge on any atom is 0.262 e. The van der Waals surface area contributed by atoms with Crippen LogP contribution in [0.2, 0.25) is 5.02 Å². The number of benzene rings is 2. The standard InChI is InChI=1S/C14H10BrClFNO2/c15-9-2-1-3-11(6-9)20-8-14(19)18-13-5-4-10(16)7-12(13)17/h1-7H,8H2,(H,18,19). The second-order valence-corrected chi connectivity index (χ2v) is 5.27. The number of nitrogens with one attached hydrogen (secondary N) is 1. The summed E-state index contributed by atoms with van der Waals surface area (Å²) < 4.78 is 19.6. The Balaban J connectivity index is 1.92. The summed E-state index contributed by atoms with van der Waals surface area (Å²) in [6, 6.07) is 11.1. The van der Waals surface area contributed by atoms with E-state index in [-0.39, 0.29) is 17.3 Å². The molecular weight excluding hydrogens is 349 g/mol. The first-order chi connectivity index (χ1) is 9.54. The molecule has 1 N–H and O–H groups in total. The Kier molecular flexibility index (Phi) is 4.98. The molecule has 3 nitrogen and oxygen atoms in total. The molecule has 0 aromatic heterocycles. The van der Waals surface area contributed by atoms with E-state index >= 15 is 0 Å². The van der Waals surface area contributed by atoms with Gasteiger partial charge in [-0.05, 0) is 36.4 Å². The second-order valence-electron chi connectivity index (χ2n) is 3.92. The van der Waals surface area contributed by atoms with Crippen molar-refractivity contribution >= 4 is 39.1 Å². The van der Waals surface area contributed by atoms with E-state index in [0.717, 1.165) is 10.5 Å². The molecule has 0 aliphatic carbocycles. The molecule has 0 aliphatic rings. The highest BCUT2D eigenvalue weighted by Gasteiger charge is 2.08. The van der Waals surface area contributed by atoms with Gasteiger partial charge in [-0.3, -0.25) is 4.79 Å². The minimum Gasteiger partial charge on any atom is -0.484 e. The Hall–Kier alpha value is -1.59. The highest BCUT2D eigenvalue weighted by atomic mass is 79.9. The maximum atomic E-state index is 13.5. The molecule has 0 bridgehead atoms. The van der Waals surface area contributed by atoms with Gasteiger partial charge < -0.3 is 10.1 Å². The van der Waals surface area contributed by atoms with Crippen LogP contribution in [-0.4, -0.2) is 12.5 Å². The summed E-state index contributed by atoms with van der Waals surface area (Å²) in [6.45, 7) is -0.210. The number of hydrogen-bond acceptors (Lipinski definition) is 2. The van der Waals surface area contributed by atoms with Gasteiger partial charge >= 0.3 is 0 Å². The fraction of sp³-hybridized carbons (Fsp3) is 0.0714. The molecule has 2 aromatic carbocycles. The molecule has 0 saturated heterocycles. The van der Waals surface area contributed by atoms with Crippen molar-refractivity contribution in [2.45, 2.75) is 0 Å². The van der Waals surface area contributed by atoms with Crippen molar-refractivity contribution in [1.29, 1.82) is 0 Å². The fourth-order valence-electron chi connectivity index (χ4n) is 1.48. The Morgan fingerprint density at radius 2 is 2.10 bits per heavy atom. The van der Waals surface area contributed by atoms with Crippen LogP contribution in [-0.2, 0) is 4.79 Å². The molecule has 0 saturated carbocycles. The summed E-state index contributed by atoms with van der Waals surface area (Å²) in [5.41, 5.74) is 0.0669. The summed E-state index contributed by atoms with van der Waals surface area (Å²) in [6.07, 6.45) is 0. The van der Waals surface area contributed by atoms with Gasteiger partial charge in [0.25, 0.3) is 5.91 Å². The maximum absolute atomic E-state index is 13.5. The number of ether oxygens (including phenoxy) is 1. The third-order valence-corrected chi connectivity index (χ3v) is 3.10. The highest BCUT2D eigenvalue weighted by Crippen LogP contribution is 2.19. The zero-order valence-electron chi connectivity index (χ0n) is 10.2. The largest absolute Gasteiger partial charge is 0.484 e. The molecule has 2 aromatic rings. The van der Waals surface area contributed by atoms with Gasteiger partial charge in [0, 0.05) is 9.50 Å². The predicted octanol–water partition coefficient (Wildman–Crippen LogP) is 4.26. The molecule has 0 heterocycles. The minimum absolute atomic E-state index is 0.0669. The molecule has 1 amide bonds. The lowest BCUT2D eigenvalue weighted by Crippen LogP contribution is -2.20. The number of halogens is 3. The van der Waals surface area contributed by atoms with E-state index in [1.807, 2.05) is 6.07 Å². The van der Waals surface area contributed by atoms with E-state index in [4.69, 9.17) is 16.3 Å². The van der Waals surface area contributed by atoms with E-state index < -0.39 is 11.7 Å². The zero-order chi connectivity index (χ0) is 14.5. The summed E-state index contributed by atoms with van der Waals surface area (Å²) in [7, 11) is 0. The van der Waals surface area contributed by atoms with Crippen molar-refractivity contribution in [3.05, 3.63) is 57.8 Å². The average molecular weight is 359 g/mol. The molecule has 20 heavy (non-hydrogen) atoms. The molecule has 104 valence electrons. The van der Waals surface area contributed by atoms with Crippen molar-refractivity contribution < 1.29 is 13.9 Å². The first kappa shape index (κ1) is 14.8. The Labute approximate surface area is 128 Å². The molecule has 0 unspecified atom stereocenters. The van der Waals surface area contributed by atoms with E-state index in [2.05, 4.69) is 21.2 Å². The second kappa shape index (κ2) is 6.72. The van der Waals surface area contributed by atoms with E-state index in [1.54, 1.807) is 18.2 Å². The Morgan fingerprint density at radius 1 is 1.30 bits per heavy atom. The SMILES string of the molecule is O=C(COc1cccc(Br)c1)Nc1ccc(Cl)cc1F. The molecule has 6 heteroatoms. The van der Waals surface area contributed by atoms with Gasteiger partial charge in [-0.25, -0.2) is 4.39 Å². The minimum atomic E-state index is -0.590. The quantitative estimate of drug-likeness (QED) is 0.887. The molecule has 0 spiro atoms. The van der Waals surface area contributed by atoms with Crippen LogP contribution in [0.4, 0.5) is 10.1 Å².